The van der Waals surface area contributed by atoms with Gasteiger partial charge in [0.25, 0.3) is 0 Å². The van der Waals surface area contributed by atoms with Gasteiger partial charge < -0.3 is 8.94 Å². The highest BCUT2D eigenvalue weighted by molar-refractivity contribution is 6.30. The van der Waals surface area contributed by atoms with Crippen LogP contribution in [0.15, 0.2) is 57.6 Å². The molecule has 1 aromatic carbocycles. The van der Waals surface area contributed by atoms with Crippen molar-refractivity contribution in [3.8, 4) is 23.0 Å². The van der Waals surface area contributed by atoms with E-state index in [1.807, 2.05) is 24.3 Å². The molecule has 0 atom stereocenters. The first-order chi connectivity index (χ1) is 11.8. The molecule has 0 saturated carbocycles. The molecule has 4 aromatic rings. The Kier molecular flexibility index (Phi) is 3.76. The zero-order valence-corrected chi connectivity index (χ0v) is 13.0. The van der Waals surface area contributed by atoms with Gasteiger partial charge in [-0.25, -0.2) is 0 Å². The molecule has 7 nitrogen and oxygen atoms in total. The fourth-order valence-electron chi connectivity index (χ4n) is 2.12. The molecule has 118 valence electrons. The smallest absolute Gasteiger partial charge is 0.247 e. The molecule has 4 rings (SSSR count). The van der Waals surface area contributed by atoms with Crippen molar-refractivity contribution in [1.29, 1.82) is 0 Å². The minimum absolute atomic E-state index is 0.243. The van der Waals surface area contributed by atoms with Crippen molar-refractivity contribution in [2.75, 3.05) is 0 Å². The van der Waals surface area contributed by atoms with Crippen molar-refractivity contribution >= 4 is 11.6 Å². The summed E-state index contributed by atoms with van der Waals surface area (Å²) in [5, 5.41) is 12.5. The highest BCUT2D eigenvalue weighted by Gasteiger charge is 2.15. The molecule has 0 unspecified atom stereocenters. The summed E-state index contributed by atoms with van der Waals surface area (Å²) < 4.78 is 10.8. The van der Waals surface area contributed by atoms with Gasteiger partial charge in [0.15, 0.2) is 0 Å². The average Bonchev–Trinajstić information content (AvgIpc) is 3.26. The third-order valence-electron chi connectivity index (χ3n) is 3.20. The Balaban J connectivity index is 1.54. The van der Waals surface area contributed by atoms with E-state index < -0.39 is 0 Å². The lowest BCUT2D eigenvalue weighted by Gasteiger charge is -1.94. The van der Waals surface area contributed by atoms with Crippen molar-refractivity contribution in [1.82, 2.24) is 25.3 Å². The molecule has 0 amide bonds. The number of hydrogen-bond donors (Lipinski definition) is 0. The van der Waals surface area contributed by atoms with Crippen LogP contribution in [0, 0.1) is 0 Å². The first kappa shape index (κ1) is 14.5. The molecule has 0 bridgehead atoms. The molecule has 3 heterocycles. The average molecular weight is 340 g/mol. The number of halogens is 1. The molecule has 3 aromatic heterocycles. The molecule has 0 aliphatic rings. The van der Waals surface area contributed by atoms with Gasteiger partial charge in [0.2, 0.25) is 23.5 Å². The van der Waals surface area contributed by atoms with Crippen molar-refractivity contribution in [2.24, 2.45) is 0 Å². The minimum atomic E-state index is 0.243. The van der Waals surface area contributed by atoms with Gasteiger partial charge in [0.05, 0.1) is 0 Å². The van der Waals surface area contributed by atoms with E-state index in [4.69, 9.17) is 20.5 Å². The Morgan fingerprint density at radius 2 is 1.96 bits per heavy atom. The standard InChI is InChI=1S/C16H10ClN5O2/c17-11-5-3-4-10(8-11)16-21-20-14(23-16)9-13-19-15(22-24-13)12-6-1-2-7-18-12/h1-8H,9H2. The van der Waals surface area contributed by atoms with Crippen LogP contribution >= 0.6 is 11.6 Å². The lowest BCUT2D eigenvalue weighted by Crippen LogP contribution is -1.89. The monoisotopic (exact) mass is 339 g/mol. The number of pyridine rings is 1. The number of hydrogen-bond acceptors (Lipinski definition) is 7. The third-order valence-corrected chi connectivity index (χ3v) is 3.44. The summed E-state index contributed by atoms with van der Waals surface area (Å²) in [6.45, 7) is 0. The molecule has 0 aliphatic carbocycles. The van der Waals surface area contributed by atoms with Crippen LogP contribution < -0.4 is 0 Å². The van der Waals surface area contributed by atoms with E-state index in [1.54, 1.807) is 24.4 Å². The predicted molar refractivity (Wildman–Crippen MR) is 85.1 cm³/mol. The van der Waals surface area contributed by atoms with E-state index in [0.29, 0.717) is 34.2 Å². The maximum Gasteiger partial charge on any atom is 0.247 e. The molecule has 8 heteroatoms. The van der Waals surface area contributed by atoms with E-state index in [2.05, 4.69) is 25.3 Å². The Labute approximate surface area is 141 Å². The van der Waals surface area contributed by atoms with Crippen molar-refractivity contribution in [3.63, 3.8) is 0 Å². The summed E-state index contributed by atoms with van der Waals surface area (Å²) in [4.78, 5) is 8.46. The van der Waals surface area contributed by atoms with E-state index >= 15 is 0 Å². The van der Waals surface area contributed by atoms with Gasteiger partial charge >= 0.3 is 0 Å². The van der Waals surface area contributed by atoms with Crippen LogP contribution in [0.2, 0.25) is 5.02 Å². The Hall–Kier alpha value is -3.06. The van der Waals surface area contributed by atoms with Gasteiger partial charge in [-0.1, -0.05) is 28.9 Å². The molecule has 0 radical (unpaired) electrons. The number of benzene rings is 1. The second kappa shape index (κ2) is 6.21. The normalized spacial score (nSPS) is 10.9. The third kappa shape index (κ3) is 3.02. The second-order valence-corrected chi connectivity index (χ2v) is 5.35. The van der Waals surface area contributed by atoms with Gasteiger partial charge in [-0.15, -0.1) is 10.2 Å². The molecule has 0 aliphatic heterocycles. The molecule has 0 fully saturated rings. The van der Waals surface area contributed by atoms with Gasteiger partial charge in [-0.05, 0) is 30.3 Å². The number of rotatable bonds is 4. The van der Waals surface area contributed by atoms with Crippen LogP contribution in [0.4, 0.5) is 0 Å². The summed E-state index contributed by atoms with van der Waals surface area (Å²) >= 11 is 5.96. The summed E-state index contributed by atoms with van der Waals surface area (Å²) in [6.07, 6.45) is 1.91. The fourth-order valence-corrected chi connectivity index (χ4v) is 2.31. The van der Waals surface area contributed by atoms with Crippen LogP contribution in [0.3, 0.4) is 0 Å². The summed E-state index contributed by atoms with van der Waals surface area (Å²) in [5.74, 6) is 1.55. The van der Waals surface area contributed by atoms with E-state index in [-0.39, 0.29) is 6.42 Å². The van der Waals surface area contributed by atoms with Crippen molar-refractivity contribution in [2.45, 2.75) is 6.42 Å². The zero-order valence-electron chi connectivity index (χ0n) is 12.3. The van der Waals surface area contributed by atoms with Crippen LogP contribution in [-0.4, -0.2) is 25.3 Å². The fraction of sp³-hybridized carbons (Fsp3) is 0.0625. The molecule has 0 spiro atoms. The molecular formula is C16H10ClN5O2. The summed E-state index contributed by atoms with van der Waals surface area (Å²) in [5.41, 5.74) is 1.39. The quantitative estimate of drug-likeness (QED) is 0.562. The van der Waals surface area contributed by atoms with Crippen LogP contribution in [0.5, 0.6) is 0 Å². The Morgan fingerprint density at radius 1 is 1.00 bits per heavy atom. The lowest BCUT2D eigenvalue weighted by atomic mass is 10.2. The van der Waals surface area contributed by atoms with E-state index in [1.165, 1.54) is 0 Å². The van der Waals surface area contributed by atoms with E-state index in [9.17, 15) is 0 Å². The molecule has 0 N–H and O–H groups in total. The van der Waals surface area contributed by atoms with Gasteiger partial charge in [0, 0.05) is 16.8 Å². The van der Waals surface area contributed by atoms with E-state index in [0.717, 1.165) is 5.56 Å². The highest BCUT2D eigenvalue weighted by atomic mass is 35.5. The van der Waals surface area contributed by atoms with Crippen molar-refractivity contribution < 1.29 is 8.94 Å². The molecular weight excluding hydrogens is 330 g/mol. The van der Waals surface area contributed by atoms with Crippen LogP contribution in [0.1, 0.15) is 11.8 Å². The first-order valence-corrected chi connectivity index (χ1v) is 7.48. The Bertz CT molecular complexity index is 967. The summed E-state index contributed by atoms with van der Waals surface area (Å²) in [6, 6.07) is 12.7. The van der Waals surface area contributed by atoms with Gasteiger partial charge in [0.1, 0.15) is 12.1 Å². The molecule has 24 heavy (non-hydrogen) atoms. The predicted octanol–water partition coefficient (Wildman–Crippen LogP) is 3.43. The van der Waals surface area contributed by atoms with Gasteiger partial charge in [-0.2, -0.15) is 4.98 Å². The zero-order chi connectivity index (χ0) is 16.4. The van der Waals surface area contributed by atoms with Crippen LogP contribution in [0.25, 0.3) is 23.0 Å². The SMILES string of the molecule is Clc1cccc(-c2nnc(Cc3nc(-c4ccccn4)no3)o2)c1. The topological polar surface area (TPSA) is 90.7 Å². The highest BCUT2D eigenvalue weighted by Crippen LogP contribution is 2.22. The Morgan fingerprint density at radius 3 is 2.79 bits per heavy atom. The maximum absolute atomic E-state index is 5.96. The van der Waals surface area contributed by atoms with Crippen molar-refractivity contribution in [3.05, 3.63) is 65.5 Å². The van der Waals surface area contributed by atoms with Crippen LogP contribution in [-0.2, 0) is 6.42 Å². The first-order valence-electron chi connectivity index (χ1n) is 7.10. The minimum Gasteiger partial charge on any atom is -0.420 e. The number of aromatic nitrogens is 5. The second-order valence-electron chi connectivity index (χ2n) is 4.91. The number of nitrogens with zero attached hydrogens (tertiary/aromatic N) is 5. The lowest BCUT2D eigenvalue weighted by molar-refractivity contribution is 0.374. The summed E-state index contributed by atoms with van der Waals surface area (Å²) in [7, 11) is 0. The molecule has 0 saturated heterocycles. The largest absolute Gasteiger partial charge is 0.420 e. The van der Waals surface area contributed by atoms with Gasteiger partial charge in [-0.3, -0.25) is 4.98 Å². The maximum atomic E-state index is 5.96.